The Morgan fingerprint density at radius 2 is 1.79 bits per heavy atom. The van der Waals surface area contributed by atoms with Crippen LogP contribution in [0.4, 0.5) is 13.2 Å². The van der Waals surface area contributed by atoms with E-state index in [4.69, 9.17) is 0 Å². The van der Waals surface area contributed by atoms with Gasteiger partial charge in [-0.3, -0.25) is 14.7 Å². The Bertz CT molecular complexity index is 1240. The standard InChI is InChI=1S/C28H36F3N3O3S/c1-4-38(36,37)24-11-7-19(8-12-24)14-33-27(35)21-13-22-17-34(26(18(2)3)25(22)32-15-21)16-20-5-9-23(10-6-20)28(29,30)31/h7-8,11-13,15,18,20,23,26H,4-6,9-10,14,16-17H2,1-3H3,(H,33,35)/t20?,23?,26-/m0/s1. The zero-order valence-corrected chi connectivity index (χ0v) is 22.9. The summed E-state index contributed by atoms with van der Waals surface area (Å²) in [5, 5.41) is 2.87. The lowest BCUT2D eigenvalue weighted by atomic mass is 9.81. The van der Waals surface area contributed by atoms with Crippen molar-refractivity contribution >= 4 is 15.7 Å². The predicted molar refractivity (Wildman–Crippen MR) is 139 cm³/mol. The third-order valence-electron chi connectivity index (χ3n) is 7.86. The van der Waals surface area contributed by atoms with Crippen LogP contribution in [0.25, 0.3) is 0 Å². The molecule has 1 saturated carbocycles. The highest BCUT2D eigenvalue weighted by molar-refractivity contribution is 7.91. The van der Waals surface area contributed by atoms with Gasteiger partial charge < -0.3 is 5.32 Å². The molecule has 0 spiro atoms. The maximum Gasteiger partial charge on any atom is 0.391 e. The minimum absolute atomic E-state index is 0.0304. The van der Waals surface area contributed by atoms with E-state index in [9.17, 15) is 26.4 Å². The van der Waals surface area contributed by atoms with Crippen LogP contribution in [0.2, 0.25) is 0 Å². The zero-order chi connectivity index (χ0) is 27.7. The molecule has 2 aliphatic rings. The largest absolute Gasteiger partial charge is 0.391 e. The number of carbonyl (C=O) groups is 1. The summed E-state index contributed by atoms with van der Waals surface area (Å²) in [4.78, 5) is 20.1. The highest BCUT2D eigenvalue weighted by Crippen LogP contribution is 2.43. The average molecular weight is 552 g/mol. The van der Waals surface area contributed by atoms with Gasteiger partial charge in [-0.15, -0.1) is 0 Å². The second-order valence-electron chi connectivity index (χ2n) is 10.9. The van der Waals surface area contributed by atoms with Crippen molar-refractivity contribution < 1.29 is 26.4 Å². The number of benzene rings is 1. The molecule has 4 rings (SSSR count). The second-order valence-corrected chi connectivity index (χ2v) is 13.2. The van der Waals surface area contributed by atoms with E-state index in [0.717, 1.165) is 23.4 Å². The third-order valence-corrected chi connectivity index (χ3v) is 9.61. The van der Waals surface area contributed by atoms with E-state index in [1.165, 1.54) is 0 Å². The van der Waals surface area contributed by atoms with Gasteiger partial charge in [-0.05, 0) is 66.8 Å². The van der Waals surface area contributed by atoms with Crippen LogP contribution in [0.15, 0.2) is 41.4 Å². The molecule has 0 unspecified atom stereocenters. The fraction of sp³-hybridized carbons (Fsp3) is 0.571. The Balaban J connectivity index is 1.38. The summed E-state index contributed by atoms with van der Waals surface area (Å²) in [6, 6.07) is 8.42. The summed E-state index contributed by atoms with van der Waals surface area (Å²) in [7, 11) is -3.27. The number of amides is 1. The van der Waals surface area contributed by atoms with E-state index in [2.05, 4.69) is 29.0 Å². The lowest BCUT2D eigenvalue weighted by molar-refractivity contribution is -0.184. The smallest absolute Gasteiger partial charge is 0.348 e. The van der Waals surface area contributed by atoms with Gasteiger partial charge in [0.25, 0.3) is 5.91 Å². The molecule has 38 heavy (non-hydrogen) atoms. The number of halogens is 3. The fourth-order valence-corrected chi connectivity index (χ4v) is 6.60. The molecule has 2 heterocycles. The monoisotopic (exact) mass is 551 g/mol. The van der Waals surface area contributed by atoms with Gasteiger partial charge in [0.1, 0.15) is 0 Å². The molecule has 1 aromatic heterocycles. The Kier molecular flexibility index (Phi) is 8.52. The molecule has 1 aromatic carbocycles. The molecular formula is C28H36F3N3O3S. The van der Waals surface area contributed by atoms with Crippen molar-refractivity contribution in [2.75, 3.05) is 12.3 Å². The van der Waals surface area contributed by atoms with Crippen LogP contribution in [0.5, 0.6) is 0 Å². The van der Waals surface area contributed by atoms with Crippen LogP contribution in [0, 0.1) is 17.8 Å². The first kappa shape index (κ1) is 28.5. The van der Waals surface area contributed by atoms with Crippen molar-refractivity contribution in [3.8, 4) is 0 Å². The number of nitrogens with one attached hydrogen (secondary N) is 1. The maximum atomic E-state index is 13.1. The van der Waals surface area contributed by atoms with Gasteiger partial charge in [0.2, 0.25) is 0 Å². The number of hydrogen-bond donors (Lipinski definition) is 1. The Morgan fingerprint density at radius 1 is 1.13 bits per heavy atom. The number of rotatable bonds is 8. The Labute approximate surface area is 222 Å². The average Bonchev–Trinajstić information content (AvgIpc) is 3.24. The number of sulfone groups is 1. The minimum Gasteiger partial charge on any atom is -0.348 e. The molecule has 1 N–H and O–H groups in total. The molecule has 1 aliphatic carbocycles. The Hall–Kier alpha value is -2.46. The molecule has 0 saturated heterocycles. The van der Waals surface area contributed by atoms with Crippen LogP contribution in [0.3, 0.4) is 0 Å². The number of alkyl halides is 3. The van der Waals surface area contributed by atoms with Gasteiger partial charge in [0, 0.05) is 25.8 Å². The number of nitrogens with zero attached hydrogens (tertiary/aromatic N) is 2. The van der Waals surface area contributed by atoms with Gasteiger partial charge in [-0.25, -0.2) is 8.42 Å². The van der Waals surface area contributed by atoms with Gasteiger partial charge in [-0.1, -0.05) is 32.9 Å². The fourth-order valence-electron chi connectivity index (χ4n) is 5.71. The van der Waals surface area contributed by atoms with Crippen LogP contribution >= 0.6 is 0 Å². The van der Waals surface area contributed by atoms with Crippen molar-refractivity contribution in [2.45, 2.75) is 76.7 Å². The minimum atomic E-state index is -4.10. The van der Waals surface area contributed by atoms with Crippen molar-refractivity contribution in [3.05, 3.63) is 58.9 Å². The summed E-state index contributed by atoms with van der Waals surface area (Å²) >= 11 is 0. The summed E-state index contributed by atoms with van der Waals surface area (Å²) in [6.07, 6.45) is -0.974. The van der Waals surface area contributed by atoms with Crippen LogP contribution < -0.4 is 5.32 Å². The number of fused-ring (bicyclic) bond motifs is 1. The SMILES string of the molecule is CCS(=O)(=O)c1ccc(CNC(=O)c2cnc3c(c2)CN(CC2CCC(C(F)(F)F)CC2)[C@H]3C(C)C)cc1. The van der Waals surface area contributed by atoms with Crippen molar-refractivity contribution in [2.24, 2.45) is 17.8 Å². The van der Waals surface area contributed by atoms with Crippen LogP contribution in [-0.2, 0) is 22.9 Å². The molecule has 1 aliphatic heterocycles. The third kappa shape index (κ3) is 6.39. The highest BCUT2D eigenvalue weighted by atomic mass is 32.2. The van der Waals surface area contributed by atoms with Crippen LogP contribution in [-0.4, -0.2) is 42.7 Å². The van der Waals surface area contributed by atoms with Crippen LogP contribution in [0.1, 0.15) is 79.7 Å². The topological polar surface area (TPSA) is 79.4 Å². The molecule has 1 atom stereocenters. The van der Waals surface area contributed by atoms with E-state index < -0.39 is 21.9 Å². The van der Waals surface area contributed by atoms with Gasteiger partial charge in [0.05, 0.1) is 33.9 Å². The molecule has 10 heteroatoms. The number of hydrogen-bond acceptors (Lipinski definition) is 5. The molecule has 0 radical (unpaired) electrons. The van der Waals surface area contributed by atoms with Crippen molar-refractivity contribution in [3.63, 3.8) is 0 Å². The molecular weight excluding hydrogens is 515 g/mol. The first-order chi connectivity index (χ1) is 17.9. The summed E-state index contributed by atoms with van der Waals surface area (Å²) in [5.74, 6) is -0.918. The number of pyridine rings is 1. The molecule has 6 nitrogen and oxygen atoms in total. The van der Waals surface area contributed by atoms with E-state index in [1.54, 1.807) is 37.4 Å². The molecule has 208 valence electrons. The van der Waals surface area contributed by atoms with E-state index >= 15 is 0 Å². The summed E-state index contributed by atoms with van der Waals surface area (Å²) in [5.41, 5.74) is 3.15. The van der Waals surface area contributed by atoms with Crippen molar-refractivity contribution in [1.82, 2.24) is 15.2 Å². The Morgan fingerprint density at radius 3 is 2.37 bits per heavy atom. The predicted octanol–water partition coefficient (Wildman–Crippen LogP) is 5.69. The maximum absolute atomic E-state index is 13.1. The lowest BCUT2D eigenvalue weighted by Crippen LogP contribution is -2.35. The summed E-state index contributed by atoms with van der Waals surface area (Å²) < 4.78 is 63.2. The van der Waals surface area contributed by atoms with Gasteiger partial charge in [0.15, 0.2) is 9.84 Å². The first-order valence-electron chi connectivity index (χ1n) is 13.3. The molecule has 1 amide bonds. The lowest BCUT2D eigenvalue weighted by Gasteiger charge is -2.35. The quantitative estimate of drug-likeness (QED) is 0.456. The summed E-state index contributed by atoms with van der Waals surface area (Å²) in [6.45, 7) is 7.44. The van der Waals surface area contributed by atoms with E-state index in [-0.39, 0.29) is 53.8 Å². The van der Waals surface area contributed by atoms with E-state index in [1.807, 2.05) is 6.07 Å². The van der Waals surface area contributed by atoms with Crippen molar-refractivity contribution in [1.29, 1.82) is 0 Å². The second kappa shape index (κ2) is 11.3. The zero-order valence-electron chi connectivity index (χ0n) is 22.1. The molecule has 0 bridgehead atoms. The number of aromatic nitrogens is 1. The van der Waals surface area contributed by atoms with Gasteiger partial charge >= 0.3 is 6.18 Å². The van der Waals surface area contributed by atoms with E-state index in [0.29, 0.717) is 24.9 Å². The number of carbonyl (C=O) groups excluding carboxylic acids is 1. The molecule has 1 fully saturated rings. The molecule has 2 aromatic rings. The normalized spacial score (nSPS) is 22.4. The van der Waals surface area contributed by atoms with Gasteiger partial charge in [-0.2, -0.15) is 13.2 Å². The highest BCUT2D eigenvalue weighted by Gasteiger charge is 2.42. The first-order valence-corrected chi connectivity index (χ1v) is 14.9.